The van der Waals surface area contributed by atoms with Gasteiger partial charge >= 0.3 is 5.97 Å². The maximum atomic E-state index is 11.7. The molecule has 0 spiro atoms. The van der Waals surface area contributed by atoms with E-state index in [0.29, 0.717) is 37.2 Å². The molecule has 118 valence electrons. The highest BCUT2D eigenvalue weighted by molar-refractivity contribution is 5.72. The van der Waals surface area contributed by atoms with Gasteiger partial charge in [0.05, 0.1) is 38.7 Å². The molecule has 5 nitrogen and oxygen atoms in total. The summed E-state index contributed by atoms with van der Waals surface area (Å²) in [6, 6.07) is 7.97. The minimum Gasteiger partial charge on any atom is -0.497 e. The molecule has 0 aromatic heterocycles. The molecule has 1 aliphatic rings. The van der Waals surface area contributed by atoms with E-state index >= 15 is 0 Å². The summed E-state index contributed by atoms with van der Waals surface area (Å²) in [5.74, 6) is 1.04. The molecule has 1 fully saturated rings. The van der Waals surface area contributed by atoms with Crippen molar-refractivity contribution in [1.82, 2.24) is 0 Å². The van der Waals surface area contributed by atoms with Crippen LogP contribution in [0.4, 0.5) is 0 Å². The van der Waals surface area contributed by atoms with Crippen LogP contribution in [0.15, 0.2) is 18.2 Å². The average Bonchev–Trinajstić information content (AvgIpc) is 2.60. The Morgan fingerprint density at radius 1 is 1.23 bits per heavy atom. The molecule has 1 aliphatic carbocycles. The van der Waals surface area contributed by atoms with E-state index in [2.05, 4.69) is 6.07 Å². The summed E-state index contributed by atoms with van der Waals surface area (Å²) in [5.41, 5.74) is 0.240. The number of nitrogens with zero attached hydrogens (tertiary/aromatic N) is 1. The van der Waals surface area contributed by atoms with E-state index in [9.17, 15) is 10.1 Å². The smallest absolute Gasteiger partial charge is 0.308 e. The van der Waals surface area contributed by atoms with Gasteiger partial charge < -0.3 is 14.2 Å². The lowest BCUT2D eigenvalue weighted by Crippen LogP contribution is -2.33. The maximum absolute atomic E-state index is 11.7. The van der Waals surface area contributed by atoms with Crippen LogP contribution >= 0.6 is 0 Å². The van der Waals surface area contributed by atoms with Crippen LogP contribution in [-0.4, -0.2) is 27.3 Å². The van der Waals surface area contributed by atoms with E-state index in [0.717, 1.165) is 5.56 Å². The van der Waals surface area contributed by atoms with Crippen molar-refractivity contribution in [3.8, 4) is 17.6 Å². The number of esters is 1. The molecule has 2 rings (SSSR count). The standard InChI is InChI=1S/C17H21NO4/c1-20-13-4-5-14(15(10-13)21-2)17(11-18)8-6-12(7-9-17)16(19)22-3/h4-5,10,12H,6-9H2,1-3H3. The van der Waals surface area contributed by atoms with Crippen LogP contribution in [0, 0.1) is 17.2 Å². The zero-order valence-corrected chi connectivity index (χ0v) is 13.2. The predicted octanol–water partition coefficient (Wildman–Crippen LogP) is 2.83. The summed E-state index contributed by atoms with van der Waals surface area (Å²) in [5, 5.41) is 9.77. The average molecular weight is 303 g/mol. The Morgan fingerprint density at radius 3 is 2.41 bits per heavy atom. The second-order valence-corrected chi connectivity index (χ2v) is 5.56. The second-order valence-electron chi connectivity index (χ2n) is 5.56. The fraction of sp³-hybridized carbons (Fsp3) is 0.529. The molecule has 22 heavy (non-hydrogen) atoms. The molecule has 0 amide bonds. The van der Waals surface area contributed by atoms with Crippen LogP contribution < -0.4 is 9.47 Å². The van der Waals surface area contributed by atoms with Gasteiger partial charge in [0, 0.05) is 11.6 Å². The van der Waals surface area contributed by atoms with Gasteiger partial charge in [-0.1, -0.05) is 6.07 Å². The first-order valence-electron chi connectivity index (χ1n) is 7.32. The topological polar surface area (TPSA) is 68.6 Å². The summed E-state index contributed by atoms with van der Waals surface area (Å²) in [6.45, 7) is 0. The van der Waals surface area contributed by atoms with Gasteiger partial charge in [-0.15, -0.1) is 0 Å². The van der Waals surface area contributed by atoms with Crippen molar-refractivity contribution in [2.24, 2.45) is 5.92 Å². The predicted molar refractivity (Wildman–Crippen MR) is 80.8 cm³/mol. The summed E-state index contributed by atoms with van der Waals surface area (Å²) in [4.78, 5) is 11.7. The van der Waals surface area contributed by atoms with Gasteiger partial charge in [-0.05, 0) is 31.7 Å². The molecule has 1 saturated carbocycles. The van der Waals surface area contributed by atoms with E-state index in [1.165, 1.54) is 7.11 Å². The van der Waals surface area contributed by atoms with Gasteiger partial charge in [-0.3, -0.25) is 4.79 Å². The number of benzene rings is 1. The molecular formula is C17H21NO4. The van der Waals surface area contributed by atoms with E-state index in [1.54, 1.807) is 20.3 Å². The van der Waals surface area contributed by atoms with E-state index in [4.69, 9.17) is 14.2 Å². The number of methoxy groups -OCH3 is 3. The van der Waals surface area contributed by atoms with Crippen molar-refractivity contribution >= 4 is 5.97 Å². The number of nitriles is 1. The minimum atomic E-state index is -0.623. The molecule has 1 aromatic carbocycles. The van der Waals surface area contributed by atoms with Crippen LogP contribution in [0.2, 0.25) is 0 Å². The van der Waals surface area contributed by atoms with Crippen molar-refractivity contribution in [2.45, 2.75) is 31.1 Å². The monoisotopic (exact) mass is 303 g/mol. The number of hydrogen-bond donors (Lipinski definition) is 0. The fourth-order valence-corrected chi connectivity index (χ4v) is 3.15. The third-order valence-corrected chi connectivity index (χ3v) is 4.51. The summed E-state index contributed by atoms with van der Waals surface area (Å²) < 4.78 is 15.5. The van der Waals surface area contributed by atoms with Crippen LogP contribution in [0.25, 0.3) is 0 Å². The van der Waals surface area contributed by atoms with Gasteiger partial charge in [-0.2, -0.15) is 5.26 Å². The quantitative estimate of drug-likeness (QED) is 0.800. The van der Waals surface area contributed by atoms with Crippen molar-refractivity contribution in [3.63, 3.8) is 0 Å². The molecule has 0 bridgehead atoms. The third kappa shape index (κ3) is 2.87. The fourth-order valence-electron chi connectivity index (χ4n) is 3.15. The third-order valence-electron chi connectivity index (χ3n) is 4.51. The van der Waals surface area contributed by atoms with E-state index in [1.807, 2.05) is 12.1 Å². The van der Waals surface area contributed by atoms with Crippen LogP contribution in [0.1, 0.15) is 31.2 Å². The first kappa shape index (κ1) is 16.2. The molecule has 1 aromatic rings. The SMILES string of the molecule is COC(=O)C1CCC(C#N)(c2ccc(OC)cc2OC)CC1. The normalized spacial score (nSPS) is 24.2. The molecule has 0 aliphatic heterocycles. The van der Waals surface area contributed by atoms with Crippen molar-refractivity contribution in [1.29, 1.82) is 5.26 Å². The molecule has 0 atom stereocenters. The van der Waals surface area contributed by atoms with Gasteiger partial charge in [0.1, 0.15) is 11.5 Å². The number of carbonyl (C=O) groups excluding carboxylic acids is 1. The van der Waals surface area contributed by atoms with Gasteiger partial charge in [0.25, 0.3) is 0 Å². The summed E-state index contributed by atoms with van der Waals surface area (Å²) >= 11 is 0. The Labute approximate surface area is 130 Å². The Balaban J connectivity index is 2.30. The molecule has 0 N–H and O–H groups in total. The second kappa shape index (κ2) is 6.69. The van der Waals surface area contributed by atoms with Crippen molar-refractivity contribution < 1.29 is 19.0 Å². The van der Waals surface area contributed by atoms with E-state index < -0.39 is 5.41 Å². The molecule has 0 unspecified atom stereocenters. The van der Waals surface area contributed by atoms with Crippen LogP contribution in [-0.2, 0) is 14.9 Å². The Kier molecular flexibility index (Phi) is 4.92. The number of rotatable bonds is 4. The van der Waals surface area contributed by atoms with Crippen molar-refractivity contribution in [3.05, 3.63) is 23.8 Å². The van der Waals surface area contributed by atoms with Crippen LogP contribution in [0.3, 0.4) is 0 Å². The van der Waals surface area contributed by atoms with Gasteiger partial charge in [0.15, 0.2) is 0 Å². The van der Waals surface area contributed by atoms with Crippen molar-refractivity contribution in [2.75, 3.05) is 21.3 Å². The zero-order valence-electron chi connectivity index (χ0n) is 13.2. The van der Waals surface area contributed by atoms with Gasteiger partial charge in [0.2, 0.25) is 0 Å². The Hall–Kier alpha value is -2.22. The molecule has 0 radical (unpaired) electrons. The first-order valence-corrected chi connectivity index (χ1v) is 7.32. The number of ether oxygens (including phenoxy) is 3. The zero-order chi connectivity index (χ0) is 16.2. The number of hydrogen-bond acceptors (Lipinski definition) is 5. The molecule has 5 heteroatoms. The Morgan fingerprint density at radius 2 is 1.91 bits per heavy atom. The van der Waals surface area contributed by atoms with E-state index in [-0.39, 0.29) is 11.9 Å². The van der Waals surface area contributed by atoms with Gasteiger partial charge in [-0.25, -0.2) is 0 Å². The molecule has 0 saturated heterocycles. The van der Waals surface area contributed by atoms with Crippen LogP contribution in [0.5, 0.6) is 11.5 Å². The largest absolute Gasteiger partial charge is 0.497 e. The maximum Gasteiger partial charge on any atom is 0.308 e. The highest BCUT2D eigenvalue weighted by atomic mass is 16.5. The molecular weight excluding hydrogens is 282 g/mol. The minimum absolute atomic E-state index is 0.115. The lowest BCUT2D eigenvalue weighted by molar-refractivity contribution is -0.146. The summed E-state index contributed by atoms with van der Waals surface area (Å²) in [6.07, 6.45) is 2.53. The first-order chi connectivity index (χ1) is 10.6. The summed E-state index contributed by atoms with van der Waals surface area (Å²) in [7, 11) is 4.58. The highest BCUT2D eigenvalue weighted by Gasteiger charge is 2.41. The highest BCUT2D eigenvalue weighted by Crippen LogP contribution is 2.45. The molecule has 0 heterocycles. The lowest BCUT2D eigenvalue weighted by Gasteiger charge is -2.35. The lowest BCUT2D eigenvalue weighted by atomic mass is 9.67. The number of carbonyl (C=O) groups is 1. The Bertz CT molecular complexity index is 583.